The molecule has 190 valence electrons. The first kappa shape index (κ1) is 25.0. The van der Waals surface area contributed by atoms with Gasteiger partial charge in [-0.25, -0.2) is 13.6 Å². The minimum Gasteiger partial charge on any atom is -0.445 e. The third kappa shape index (κ3) is 5.54. The summed E-state index contributed by atoms with van der Waals surface area (Å²) in [6.07, 6.45) is 5.83. The summed E-state index contributed by atoms with van der Waals surface area (Å²) >= 11 is 1.23. The maximum atomic E-state index is 15.1. The van der Waals surface area contributed by atoms with E-state index >= 15 is 4.39 Å². The number of nitrogens with zero attached hydrogens (tertiary/aromatic N) is 1. The van der Waals surface area contributed by atoms with Crippen molar-refractivity contribution in [1.82, 2.24) is 5.32 Å². The van der Waals surface area contributed by atoms with Crippen molar-refractivity contribution in [3.63, 3.8) is 0 Å². The molecule has 0 spiro atoms. The molecule has 3 atom stereocenters. The topological polar surface area (TPSA) is 58.6 Å². The Labute approximate surface area is 218 Å². The lowest BCUT2D eigenvalue weighted by Gasteiger charge is -2.34. The highest BCUT2D eigenvalue weighted by molar-refractivity contribution is 7.99. The average molecular weight is 521 g/mol. The van der Waals surface area contributed by atoms with Gasteiger partial charge in [0.05, 0.1) is 17.0 Å². The molecule has 0 saturated heterocycles. The van der Waals surface area contributed by atoms with Crippen LogP contribution in [0.5, 0.6) is 0 Å². The van der Waals surface area contributed by atoms with Crippen molar-refractivity contribution in [2.75, 3.05) is 4.90 Å². The fourth-order valence-corrected chi connectivity index (χ4v) is 6.06. The highest BCUT2D eigenvalue weighted by Crippen LogP contribution is 2.47. The molecule has 0 saturated carbocycles. The summed E-state index contributed by atoms with van der Waals surface area (Å²) in [6.45, 7) is 0.00895. The Balaban J connectivity index is 1.53. The second kappa shape index (κ2) is 11.2. The molecule has 1 heterocycles. The normalized spacial score (nSPS) is 21.2. The minimum atomic E-state index is -1.20. The summed E-state index contributed by atoms with van der Waals surface area (Å²) in [4.78, 5) is 29.5. The summed E-state index contributed by atoms with van der Waals surface area (Å²) < 4.78 is 34.7. The fourth-order valence-electron chi connectivity index (χ4n) is 4.72. The molecule has 0 aromatic heterocycles. The molecule has 2 amide bonds. The molecule has 3 aromatic carbocycles. The zero-order chi connectivity index (χ0) is 25.8. The zero-order valence-corrected chi connectivity index (χ0v) is 20.8. The van der Waals surface area contributed by atoms with Crippen LogP contribution in [0.15, 0.2) is 89.8 Å². The molecule has 1 N–H and O–H groups in total. The number of amides is 2. The molecule has 5 nitrogen and oxygen atoms in total. The number of rotatable bonds is 5. The number of hydrogen-bond donors (Lipinski definition) is 1. The van der Waals surface area contributed by atoms with Gasteiger partial charge in [-0.15, -0.1) is 11.8 Å². The predicted molar refractivity (Wildman–Crippen MR) is 139 cm³/mol. The fraction of sp³-hybridized carbons (Fsp3) is 0.241. The average Bonchev–Trinajstić information content (AvgIpc) is 3.04. The molecular weight excluding hydrogens is 494 g/mol. The number of carbonyl (C=O) groups excluding carboxylic acids is 2. The number of anilines is 1. The van der Waals surface area contributed by atoms with Crippen molar-refractivity contribution in [3.8, 4) is 0 Å². The second-order valence-corrected chi connectivity index (χ2v) is 10.2. The Bertz CT molecular complexity index is 1320. The summed E-state index contributed by atoms with van der Waals surface area (Å²) in [6, 6.07) is 18.3. The number of para-hydroxylation sites is 1. The van der Waals surface area contributed by atoms with Gasteiger partial charge in [0.1, 0.15) is 24.3 Å². The molecule has 8 heteroatoms. The third-order valence-corrected chi connectivity index (χ3v) is 7.88. The monoisotopic (exact) mass is 520 g/mol. The minimum absolute atomic E-state index is 0.00236. The van der Waals surface area contributed by atoms with Crippen LogP contribution in [-0.4, -0.2) is 24.1 Å². The van der Waals surface area contributed by atoms with Crippen LogP contribution in [0.2, 0.25) is 0 Å². The predicted octanol–water partition coefficient (Wildman–Crippen LogP) is 6.55. The van der Waals surface area contributed by atoms with Crippen molar-refractivity contribution in [2.24, 2.45) is 0 Å². The van der Waals surface area contributed by atoms with Gasteiger partial charge in [-0.05, 0) is 55.2 Å². The molecule has 3 unspecified atom stereocenters. The van der Waals surface area contributed by atoms with E-state index in [9.17, 15) is 14.0 Å². The van der Waals surface area contributed by atoms with E-state index in [0.29, 0.717) is 5.69 Å². The summed E-state index contributed by atoms with van der Waals surface area (Å²) in [5.41, 5.74) is 1.47. The van der Waals surface area contributed by atoms with Crippen LogP contribution < -0.4 is 10.2 Å². The third-order valence-electron chi connectivity index (χ3n) is 6.50. The zero-order valence-electron chi connectivity index (χ0n) is 20.0. The van der Waals surface area contributed by atoms with Gasteiger partial charge < -0.3 is 15.0 Å². The Kier molecular flexibility index (Phi) is 7.55. The summed E-state index contributed by atoms with van der Waals surface area (Å²) in [5, 5.41) is 1.77. The lowest BCUT2D eigenvalue weighted by Crippen LogP contribution is -2.53. The number of benzene rings is 3. The number of alkyl carbamates (subject to hydrolysis) is 1. The van der Waals surface area contributed by atoms with E-state index in [0.717, 1.165) is 47.9 Å². The van der Waals surface area contributed by atoms with E-state index in [-0.39, 0.29) is 18.2 Å². The first-order valence-corrected chi connectivity index (χ1v) is 13.1. The second-order valence-electron chi connectivity index (χ2n) is 8.99. The lowest BCUT2D eigenvalue weighted by atomic mass is 9.98. The Morgan fingerprint density at radius 3 is 2.62 bits per heavy atom. The molecule has 1 aliphatic carbocycles. The van der Waals surface area contributed by atoms with Gasteiger partial charge in [0.15, 0.2) is 0 Å². The summed E-state index contributed by atoms with van der Waals surface area (Å²) in [5.74, 6) is -1.68. The Morgan fingerprint density at radius 1 is 1.05 bits per heavy atom. The van der Waals surface area contributed by atoms with Gasteiger partial charge >= 0.3 is 6.09 Å². The van der Waals surface area contributed by atoms with Crippen molar-refractivity contribution in [1.29, 1.82) is 0 Å². The molecule has 3 aromatic rings. The van der Waals surface area contributed by atoms with E-state index < -0.39 is 34.9 Å². The molecular formula is C29H26F2N2O3S. The van der Waals surface area contributed by atoms with Crippen molar-refractivity contribution < 1.29 is 23.1 Å². The van der Waals surface area contributed by atoms with Crippen molar-refractivity contribution in [2.45, 2.75) is 48.1 Å². The number of fused-ring (bicyclic) bond motifs is 1. The number of ether oxygens (including phenoxy) is 1. The van der Waals surface area contributed by atoms with E-state index in [2.05, 4.69) is 5.32 Å². The SMILES string of the molecule is O=C(NC1C(=O)N(C2C=CCCC2)c2ccccc2SC1c1cc(F)ccc1F)OCc1ccccc1. The van der Waals surface area contributed by atoms with Gasteiger partial charge in [-0.3, -0.25) is 4.79 Å². The number of halogens is 2. The molecule has 2 aliphatic rings. The van der Waals surface area contributed by atoms with E-state index in [1.165, 1.54) is 11.8 Å². The smallest absolute Gasteiger partial charge is 0.408 e. The molecule has 0 fully saturated rings. The number of allylic oxidation sites excluding steroid dienone is 1. The quantitative estimate of drug-likeness (QED) is 0.388. The van der Waals surface area contributed by atoms with E-state index in [1.807, 2.05) is 66.7 Å². The summed E-state index contributed by atoms with van der Waals surface area (Å²) in [7, 11) is 0. The standard InChI is InChI=1S/C29H26F2N2O3S/c30-20-15-16-23(31)22(17-20)27-26(32-29(35)36-18-19-9-3-1-4-10-19)28(34)33(21-11-5-2-6-12-21)24-13-7-8-14-25(24)37-27/h1,3-5,7-11,13-17,21,26-27H,2,6,12,18H2,(H,32,35). The highest BCUT2D eigenvalue weighted by Gasteiger charge is 2.42. The first-order valence-electron chi connectivity index (χ1n) is 12.2. The van der Waals surface area contributed by atoms with Gasteiger partial charge in [-0.2, -0.15) is 0 Å². The van der Waals surface area contributed by atoms with Crippen LogP contribution in [0.3, 0.4) is 0 Å². The number of carbonyl (C=O) groups is 2. The van der Waals surface area contributed by atoms with E-state index in [4.69, 9.17) is 4.74 Å². The highest BCUT2D eigenvalue weighted by atomic mass is 32.2. The van der Waals surface area contributed by atoms with Gasteiger partial charge in [0.2, 0.25) is 0 Å². The first-order chi connectivity index (χ1) is 18.0. The number of nitrogens with one attached hydrogen (secondary N) is 1. The number of thioether (sulfide) groups is 1. The van der Waals surface area contributed by atoms with Crippen LogP contribution in [0.1, 0.15) is 35.6 Å². The van der Waals surface area contributed by atoms with Crippen LogP contribution in [0.25, 0.3) is 0 Å². The van der Waals surface area contributed by atoms with Crippen molar-refractivity contribution in [3.05, 3.63) is 108 Å². The van der Waals surface area contributed by atoms with Crippen LogP contribution in [-0.2, 0) is 16.1 Å². The van der Waals surface area contributed by atoms with Crippen LogP contribution in [0, 0.1) is 11.6 Å². The molecule has 0 radical (unpaired) electrons. The van der Waals surface area contributed by atoms with E-state index in [1.54, 1.807) is 4.90 Å². The number of hydrogen-bond acceptors (Lipinski definition) is 4. The Morgan fingerprint density at radius 2 is 1.84 bits per heavy atom. The maximum Gasteiger partial charge on any atom is 0.408 e. The maximum absolute atomic E-state index is 15.1. The van der Waals surface area contributed by atoms with Gasteiger partial charge in [0.25, 0.3) is 5.91 Å². The van der Waals surface area contributed by atoms with Crippen molar-refractivity contribution >= 4 is 29.4 Å². The molecule has 5 rings (SSSR count). The van der Waals surface area contributed by atoms with Crippen LogP contribution >= 0.6 is 11.8 Å². The Hall–Kier alpha value is -3.65. The molecule has 0 bridgehead atoms. The van der Waals surface area contributed by atoms with Crippen LogP contribution in [0.4, 0.5) is 19.3 Å². The van der Waals surface area contributed by atoms with Gasteiger partial charge in [0, 0.05) is 10.5 Å². The molecule has 37 heavy (non-hydrogen) atoms. The van der Waals surface area contributed by atoms with Gasteiger partial charge in [-0.1, -0.05) is 54.6 Å². The molecule has 1 aliphatic heterocycles. The largest absolute Gasteiger partial charge is 0.445 e. The lowest BCUT2D eigenvalue weighted by molar-refractivity contribution is -0.120.